The molecule has 1 amide bonds. The molecule has 0 saturated carbocycles. The van der Waals surface area contributed by atoms with Gasteiger partial charge in [-0.2, -0.15) is 5.26 Å². The number of amides is 1. The standard InChI is InChI=1S/C20H17BrN4OS/c1-12-11-27-20(23-12)24-19(26)16(10-22)8-15-7-13(2)25(14(15)3)18-6-4-5-17(21)9-18/h4-9,11H,1-3H3,(H,23,24,26). The number of rotatable bonds is 4. The van der Waals surface area contributed by atoms with E-state index >= 15 is 0 Å². The van der Waals surface area contributed by atoms with Crippen LogP contribution in [0.3, 0.4) is 0 Å². The number of hydrogen-bond acceptors (Lipinski definition) is 4. The third-order valence-corrected chi connectivity index (χ3v) is 5.41. The zero-order valence-electron chi connectivity index (χ0n) is 15.1. The van der Waals surface area contributed by atoms with Gasteiger partial charge in [-0.25, -0.2) is 4.98 Å². The van der Waals surface area contributed by atoms with Gasteiger partial charge in [-0.15, -0.1) is 11.3 Å². The molecule has 0 aliphatic heterocycles. The number of aromatic nitrogens is 2. The highest BCUT2D eigenvalue weighted by atomic mass is 79.9. The van der Waals surface area contributed by atoms with Gasteiger partial charge < -0.3 is 4.57 Å². The van der Waals surface area contributed by atoms with Crippen molar-refractivity contribution in [3.8, 4) is 11.8 Å². The van der Waals surface area contributed by atoms with Crippen molar-refractivity contribution in [1.82, 2.24) is 9.55 Å². The van der Waals surface area contributed by atoms with E-state index in [1.807, 2.05) is 62.6 Å². The first-order chi connectivity index (χ1) is 12.9. The Morgan fingerprint density at radius 1 is 1.33 bits per heavy atom. The van der Waals surface area contributed by atoms with Gasteiger partial charge in [0.25, 0.3) is 5.91 Å². The van der Waals surface area contributed by atoms with Crippen molar-refractivity contribution in [1.29, 1.82) is 5.26 Å². The minimum atomic E-state index is -0.459. The fourth-order valence-corrected chi connectivity index (χ4v) is 3.90. The summed E-state index contributed by atoms with van der Waals surface area (Å²) in [5.41, 5.74) is 4.68. The lowest BCUT2D eigenvalue weighted by Gasteiger charge is -2.10. The minimum Gasteiger partial charge on any atom is -0.318 e. The molecule has 0 unspecified atom stereocenters. The first-order valence-electron chi connectivity index (χ1n) is 8.19. The second kappa shape index (κ2) is 7.91. The number of anilines is 1. The summed E-state index contributed by atoms with van der Waals surface area (Å²) < 4.78 is 3.08. The molecule has 0 aliphatic carbocycles. The molecule has 2 aromatic heterocycles. The lowest BCUT2D eigenvalue weighted by atomic mass is 10.1. The molecule has 2 heterocycles. The van der Waals surface area contributed by atoms with Crippen LogP contribution >= 0.6 is 27.3 Å². The average Bonchev–Trinajstić information content (AvgIpc) is 3.15. The van der Waals surface area contributed by atoms with Gasteiger partial charge in [-0.3, -0.25) is 10.1 Å². The highest BCUT2D eigenvalue weighted by Crippen LogP contribution is 2.25. The number of carbonyl (C=O) groups excluding carboxylic acids is 1. The van der Waals surface area contributed by atoms with E-state index in [1.54, 1.807) is 6.08 Å². The summed E-state index contributed by atoms with van der Waals surface area (Å²) in [6, 6.07) is 11.9. The number of benzene rings is 1. The summed E-state index contributed by atoms with van der Waals surface area (Å²) >= 11 is 4.83. The van der Waals surface area contributed by atoms with E-state index in [1.165, 1.54) is 11.3 Å². The molecule has 27 heavy (non-hydrogen) atoms. The molecular weight excluding hydrogens is 424 g/mol. The molecule has 7 heteroatoms. The van der Waals surface area contributed by atoms with E-state index in [-0.39, 0.29) is 5.57 Å². The number of nitrogens with one attached hydrogen (secondary N) is 1. The maximum Gasteiger partial charge on any atom is 0.268 e. The van der Waals surface area contributed by atoms with E-state index in [9.17, 15) is 10.1 Å². The molecule has 1 aromatic carbocycles. The minimum absolute atomic E-state index is 0.0392. The Morgan fingerprint density at radius 3 is 2.74 bits per heavy atom. The van der Waals surface area contributed by atoms with Crippen LogP contribution in [0.4, 0.5) is 5.13 Å². The predicted octanol–water partition coefficient (Wildman–Crippen LogP) is 5.17. The van der Waals surface area contributed by atoms with Crippen LogP contribution in [-0.4, -0.2) is 15.5 Å². The molecule has 136 valence electrons. The molecule has 3 rings (SSSR count). The predicted molar refractivity (Wildman–Crippen MR) is 112 cm³/mol. The molecule has 5 nitrogen and oxygen atoms in total. The number of halogens is 1. The van der Waals surface area contributed by atoms with Crippen molar-refractivity contribution in [2.45, 2.75) is 20.8 Å². The van der Waals surface area contributed by atoms with E-state index in [2.05, 4.69) is 30.8 Å². The van der Waals surface area contributed by atoms with Crippen molar-refractivity contribution in [3.63, 3.8) is 0 Å². The number of hydrogen-bond donors (Lipinski definition) is 1. The zero-order valence-corrected chi connectivity index (χ0v) is 17.5. The van der Waals surface area contributed by atoms with E-state index in [0.29, 0.717) is 5.13 Å². The molecule has 0 bridgehead atoms. The molecule has 1 N–H and O–H groups in total. The van der Waals surface area contributed by atoms with Crippen molar-refractivity contribution >= 4 is 44.4 Å². The third-order valence-electron chi connectivity index (χ3n) is 4.04. The van der Waals surface area contributed by atoms with Crippen LogP contribution in [0.2, 0.25) is 0 Å². The maximum atomic E-state index is 12.4. The van der Waals surface area contributed by atoms with Crippen LogP contribution in [0, 0.1) is 32.1 Å². The molecule has 3 aromatic rings. The Labute approximate surface area is 170 Å². The van der Waals surface area contributed by atoms with E-state index < -0.39 is 5.91 Å². The highest BCUT2D eigenvalue weighted by molar-refractivity contribution is 9.10. The summed E-state index contributed by atoms with van der Waals surface area (Å²) in [7, 11) is 0. The molecule has 0 fully saturated rings. The third kappa shape index (κ3) is 4.18. The summed E-state index contributed by atoms with van der Waals surface area (Å²) in [6.45, 7) is 5.82. The normalized spacial score (nSPS) is 11.3. The molecule has 0 radical (unpaired) electrons. The molecular formula is C20H17BrN4OS. The topological polar surface area (TPSA) is 70.7 Å². The fraction of sp³-hybridized carbons (Fsp3) is 0.150. The average molecular weight is 441 g/mol. The van der Waals surface area contributed by atoms with Crippen LogP contribution < -0.4 is 5.32 Å². The van der Waals surface area contributed by atoms with E-state index in [0.717, 1.165) is 32.8 Å². The summed E-state index contributed by atoms with van der Waals surface area (Å²) in [6.07, 6.45) is 1.62. The van der Waals surface area contributed by atoms with Crippen molar-refractivity contribution in [2.24, 2.45) is 0 Å². The largest absolute Gasteiger partial charge is 0.318 e. The van der Waals surface area contributed by atoms with Gasteiger partial charge in [0.2, 0.25) is 0 Å². The number of aryl methyl sites for hydroxylation is 2. The van der Waals surface area contributed by atoms with Crippen LogP contribution in [-0.2, 0) is 4.79 Å². The molecule has 0 spiro atoms. The fourth-order valence-electron chi connectivity index (χ4n) is 2.83. The number of nitriles is 1. The summed E-state index contributed by atoms with van der Waals surface area (Å²) in [5.74, 6) is -0.459. The van der Waals surface area contributed by atoms with Crippen LogP contribution in [0.15, 0.2) is 45.8 Å². The van der Waals surface area contributed by atoms with Crippen molar-refractivity contribution in [2.75, 3.05) is 5.32 Å². The van der Waals surface area contributed by atoms with Gasteiger partial charge in [0.15, 0.2) is 5.13 Å². The lowest BCUT2D eigenvalue weighted by Crippen LogP contribution is -2.13. The van der Waals surface area contributed by atoms with Crippen LogP contribution in [0.25, 0.3) is 11.8 Å². The first kappa shape index (κ1) is 19.1. The lowest BCUT2D eigenvalue weighted by molar-refractivity contribution is -0.112. The highest BCUT2D eigenvalue weighted by Gasteiger charge is 2.15. The van der Waals surface area contributed by atoms with Gasteiger partial charge in [0.05, 0.1) is 5.69 Å². The number of thiazole rings is 1. The SMILES string of the molecule is Cc1csc(NC(=O)C(C#N)=Cc2cc(C)n(-c3cccc(Br)c3)c2C)n1. The van der Waals surface area contributed by atoms with Gasteiger partial charge in [-0.05, 0) is 56.7 Å². The Morgan fingerprint density at radius 2 is 2.11 bits per heavy atom. The number of carbonyl (C=O) groups is 1. The Bertz CT molecular complexity index is 1090. The number of nitrogens with zero attached hydrogens (tertiary/aromatic N) is 3. The maximum absolute atomic E-state index is 12.4. The Balaban J connectivity index is 1.94. The van der Waals surface area contributed by atoms with Crippen molar-refractivity contribution < 1.29 is 4.79 Å². The monoisotopic (exact) mass is 440 g/mol. The van der Waals surface area contributed by atoms with Crippen LogP contribution in [0.5, 0.6) is 0 Å². The molecule has 0 saturated heterocycles. The Kier molecular flexibility index (Phi) is 5.59. The quantitative estimate of drug-likeness (QED) is 0.449. The summed E-state index contributed by atoms with van der Waals surface area (Å²) in [4.78, 5) is 16.6. The van der Waals surface area contributed by atoms with Crippen LogP contribution in [0.1, 0.15) is 22.6 Å². The summed E-state index contributed by atoms with van der Waals surface area (Å²) in [5, 5.41) is 14.5. The second-order valence-corrected chi connectivity index (χ2v) is 7.83. The van der Waals surface area contributed by atoms with Gasteiger partial charge in [0, 0.05) is 26.9 Å². The molecule has 0 aliphatic rings. The second-order valence-electron chi connectivity index (χ2n) is 6.06. The zero-order chi connectivity index (χ0) is 19.6. The smallest absolute Gasteiger partial charge is 0.268 e. The van der Waals surface area contributed by atoms with Gasteiger partial charge in [-0.1, -0.05) is 22.0 Å². The van der Waals surface area contributed by atoms with Crippen molar-refractivity contribution in [3.05, 3.63) is 68.4 Å². The first-order valence-corrected chi connectivity index (χ1v) is 9.86. The molecule has 0 atom stereocenters. The van der Waals surface area contributed by atoms with E-state index in [4.69, 9.17) is 0 Å². The Hall–Kier alpha value is -2.69. The van der Waals surface area contributed by atoms with Gasteiger partial charge in [0.1, 0.15) is 11.6 Å². The van der Waals surface area contributed by atoms with Gasteiger partial charge >= 0.3 is 0 Å².